The molecule has 27 heavy (non-hydrogen) atoms. The van der Waals surface area contributed by atoms with Crippen LogP contribution in [0.15, 0.2) is 51.8 Å². The van der Waals surface area contributed by atoms with Gasteiger partial charge < -0.3 is 14.9 Å². The summed E-state index contributed by atoms with van der Waals surface area (Å²) in [4.78, 5) is 0.218. The molecule has 3 rings (SSSR count). The normalized spacial score (nSPS) is 16.9. The number of rotatable bonds is 6. The van der Waals surface area contributed by atoms with Crippen LogP contribution >= 0.6 is 15.9 Å². The minimum atomic E-state index is -3.79. The van der Waals surface area contributed by atoms with E-state index in [9.17, 15) is 18.6 Å². The van der Waals surface area contributed by atoms with Gasteiger partial charge in [-0.25, -0.2) is 8.42 Å². The third kappa shape index (κ3) is 4.29. The Balaban J connectivity index is 2.03. The van der Waals surface area contributed by atoms with Gasteiger partial charge in [0, 0.05) is 23.6 Å². The largest absolute Gasteiger partial charge is 0.486 e. The van der Waals surface area contributed by atoms with Crippen LogP contribution in [0.1, 0.15) is 12.0 Å². The Morgan fingerprint density at radius 2 is 1.96 bits per heavy atom. The molecule has 0 saturated heterocycles. The van der Waals surface area contributed by atoms with Crippen LogP contribution in [0, 0.1) is 12.8 Å². The zero-order valence-electron chi connectivity index (χ0n) is 14.9. The van der Waals surface area contributed by atoms with Crippen LogP contribution < -0.4 is 9.04 Å². The van der Waals surface area contributed by atoms with Crippen LogP contribution in [0.4, 0.5) is 5.69 Å². The van der Waals surface area contributed by atoms with E-state index >= 15 is 0 Å². The molecule has 0 saturated carbocycles. The van der Waals surface area contributed by atoms with Gasteiger partial charge in [-0.3, -0.25) is 4.31 Å². The SMILES string of the molecule is Cc1cccc(S(=O)(=O)N2C[C@H](CC(CO)CO)Oc3ccc(Br)cc32)c1. The van der Waals surface area contributed by atoms with E-state index in [-0.39, 0.29) is 30.6 Å². The highest BCUT2D eigenvalue weighted by molar-refractivity contribution is 9.10. The second kappa shape index (κ2) is 8.18. The van der Waals surface area contributed by atoms with E-state index < -0.39 is 16.1 Å². The molecule has 2 N–H and O–H groups in total. The zero-order valence-corrected chi connectivity index (χ0v) is 17.3. The minimum absolute atomic E-state index is 0.107. The van der Waals surface area contributed by atoms with E-state index in [4.69, 9.17) is 4.74 Å². The van der Waals surface area contributed by atoms with Gasteiger partial charge in [0.25, 0.3) is 10.0 Å². The summed E-state index contributed by atoms with van der Waals surface area (Å²) in [5.41, 5.74) is 1.32. The van der Waals surface area contributed by atoms with Crippen LogP contribution in [0.3, 0.4) is 0 Å². The molecular weight excluding hydrogens is 434 g/mol. The summed E-state index contributed by atoms with van der Waals surface area (Å²) in [5, 5.41) is 18.7. The fourth-order valence-corrected chi connectivity index (χ4v) is 5.07. The number of halogens is 1. The molecule has 1 aliphatic rings. The van der Waals surface area contributed by atoms with Crippen molar-refractivity contribution in [2.24, 2.45) is 5.92 Å². The van der Waals surface area contributed by atoms with Crippen molar-refractivity contribution in [1.29, 1.82) is 0 Å². The number of anilines is 1. The maximum Gasteiger partial charge on any atom is 0.264 e. The molecule has 0 fully saturated rings. The number of benzene rings is 2. The van der Waals surface area contributed by atoms with Crippen LogP contribution in [0.25, 0.3) is 0 Å². The molecular formula is C19H22BrNO5S. The standard InChI is InChI=1S/C19H22BrNO5S/c1-13-3-2-4-17(7-13)27(24,25)21-10-16(8-14(11-22)12-23)26-19-6-5-15(20)9-18(19)21/h2-7,9,14,16,22-23H,8,10-12H2,1H3/t16-/m0/s1. The first-order chi connectivity index (χ1) is 12.8. The number of hydrogen-bond donors (Lipinski definition) is 2. The molecule has 0 unspecified atom stereocenters. The molecule has 6 nitrogen and oxygen atoms in total. The lowest BCUT2D eigenvalue weighted by Crippen LogP contribution is -2.44. The summed E-state index contributed by atoms with van der Waals surface area (Å²) < 4.78 is 34.7. The van der Waals surface area contributed by atoms with Crippen molar-refractivity contribution in [2.45, 2.75) is 24.3 Å². The van der Waals surface area contributed by atoms with Crippen LogP contribution in [-0.2, 0) is 10.0 Å². The molecule has 1 heterocycles. The maximum absolute atomic E-state index is 13.3. The summed E-state index contributed by atoms with van der Waals surface area (Å²) in [6.07, 6.45) is -0.120. The van der Waals surface area contributed by atoms with Gasteiger partial charge in [0.05, 0.1) is 17.1 Å². The number of aliphatic hydroxyl groups is 2. The highest BCUT2D eigenvalue weighted by Crippen LogP contribution is 2.39. The van der Waals surface area contributed by atoms with Crippen LogP contribution in [0.2, 0.25) is 0 Å². The zero-order chi connectivity index (χ0) is 19.6. The van der Waals surface area contributed by atoms with Gasteiger partial charge >= 0.3 is 0 Å². The lowest BCUT2D eigenvalue weighted by Gasteiger charge is -2.36. The first kappa shape index (κ1) is 20.1. The molecule has 8 heteroatoms. The molecule has 0 aliphatic carbocycles. The molecule has 146 valence electrons. The number of hydrogen-bond acceptors (Lipinski definition) is 5. The summed E-state index contributed by atoms with van der Waals surface area (Å²) in [5.74, 6) is 0.0934. The van der Waals surface area contributed by atoms with Gasteiger partial charge in [0.1, 0.15) is 11.9 Å². The lowest BCUT2D eigenvalue weighted by molar-refractivity contribution is 0.0954. The molecule has 1 aliphatic heterocycles. The molecule has 0 amide bonds. The molecule has 0 bridgehead atoms. The summed E-state index contributed by atoms with van der Waals surface area (Å²) >= 11 is 3.39. The average molecular weight is 456 g/mol. The molecule has 0 aromatic heterocycles. The van der Waals surface area contributed by atoms with Crippen molar-refractivity contribution in [1.82, 2.24) is 0 Å². The highest BCUT2D eigenvalue weighted by Gasteiger charge is 2.35. The lowest BCUT2D eigenvalue weighted by atomic mass is 10.0. The highest BCUT2D eigenvalue weighted by atomic mass is 79.9. The van der Waals surface area contributed by atoms with E-state index in [2.05, 4.69) is 15.9 Å². The Labute approximate surface area is 167 Å². The van der Waals surface area contributed by atoms with Gasteiger partial charge in [-0.15, -0.1) is 0 Å². The summed E-state index contributed by atoms with van der Waals surface area (Å²) in [7, 11) is -3.79. The van der Waals surface area contributed by atoms with Crippen LogP contribution in [0.5, 0.6) is 5.75 Å². The number of aryl methyl sites for hydroxylation is 1. The smallest absolute Gasteiger partial charge is 0.264 e. The third-order valence-corrected chi connectivity index (χ3v) is 6.81. The second-order valence-corrected chi connectivity index (χ2v) is 9.45. The van der Waals surface area contributed by atoms with E-state index in [0.29, 0.717) is 17.9 Å². The first-order valence-electron chi connectivity index (χ1n) is 8.62. The molecule has 1 atom stereocenters. The van der Waals surface area contributed by atoms with E-state index in [1.165, 1.54) is 4.31 Å². The van der Waals surface area contributed by atoms with E-state index in [1.807, 2.05) is 13.0 Å². The van der Waals surface area contributed by atoms with Gasteiger partial charge in [-0.2, -0.15) is 0 Å². The third-order valence-electron chi connectivity index (χ3n) is 4.54. The second-order valence-electron chi connectivity index (χ2n) is 6.67. The minimum Gasteiger partial charge on any atom is -0.486 e. The van der Waals surface area contributed by atoms with Gasteiger partial charge in [-0.1, -0.05) is 28.1 Å². The number of fused-ring (bicyclic) bond motifs is 1. The van der Waals surface area contributed by atoms with Crippen molar-refractivity contribution < 1.29 is 23.4 Å². The fourth-order valence-electron chi connectivity index (χ4n) is 3.12. The Morgan fingerprint density at radius 3 is 2.63 bits per heavy atom. The Hall–Kier alpha value is -1.61. The van der Waals surface area contributed by atoms with Crippen LogP contribution in [-0.4, -0.2) is 44.5 Å². The number of nitrogens with zero attached hydrogens (tertiary/aromatic N) is 1. The molecule has 0 spiro atoms. The van der Waals surface area contributed by atoms with Crippen molar-refractivity contribution in [3.05, 3.63) is 52.5 Å². The van der Waals surface area contributed by atoms with Gasteiger partial charge in [0.2, 0.25) is 0 Å². The quantitative estimate of drug-likeness (QED) is 0.698. The summed E-state index contributed by atoms with van der Waals surface area (Å²) in [6, 6.07) is 12.0. The number of aliphatic hydroxyl groups excluding tert-OH is 2. The summed E-state index contributed by atoms with van der Waals surface area (Å²) in [6.45, 7) is 1.58. The van der Waals surface area contributed by atoms with E-state index in [1.54, 1.807) is 36.4 Å². The Bertz CT molecular complexity index is 914. The van der Waals surface area contributed by atoms with E-state index in [0.717, 1.165) is 10.0 Å². The molecule has 0 radical (unpaired) electrons. The van der Waals surface area contributed by atoms with Crippen molar-refractivity contribution in [2.75, 3.05) is 24.1 Å². The predicted molar refractivity (Wildman–Crippen MR) is 107 cm³/mol. The molecule has 2 aromatic rings. The Morgan fingerprint density at radius 1 is 1.22 bits per heavy atom. The Kier molecular flexibility index (Phi) is 6.10. The van der Waals surface area contributed by atoms with Crippen molar-refractivity contribution >= 4 is 31.6 Å². The van der Waals surface area contributed by atoms with Gasteiger partial charge in [-0.05, 0) is 49.2 Å². The topological polar surface area (TPSA) is 87.1 Å². The predicted octanol–water partition coefficient (Wildman–Crippen LogP) is 2.70. The first-order valence-corrected chi connectivity index (χ1v) is 10.9. The van der Waals surface area contributed by atoms with Crippen molar-refractivity contribution in [3.8, 4) is 5.75 Å². The molecule has 2 aromatic carbocycles. The maximum atomic E-state index is 13.3. The van der Waals surface area contributed by atoms with Crippen molar-refractivity contribution in [3.63, 3.8) is 0 Å². The van der Waals surface area contributed by atoms with Gasteiger partial charge in [0.15, 0.2) is 0 Å². The average Bonchev–Trinajstić information content (AvgIpc) is 2.65. The number of ether oxygens (including phenoxy) is 1. The fraction of sp³-hybridized carbons (Fsp3) is 0.368. The number of sulfonamides is 1. The monoisotopic (exact) mass is 455 g/mol.